The topological polar surface area (TPSA) is 39.9 Å². The minimum absolute atomic E-state index is 0.136. The molecule has 0 atom stereocenters. The van der Waals surface area contributed by atoms with Gasteiger partial charge in [-0.05, 0) is 23.1 Å². The van der Waals surface area contributed by atoms with Gasteiger partial charge >= 0.3 is 0 Å². The second-order valence-corrected chi connectivity index (χ2v) is 6.50. The summed E-state index contributed by atoms with van der Waals surface area (Å²) in [7, 11) is 1.62. The van der Waals surface area contributed by atoms with Gasteiger partial charge in [0.1, 0.15) is 0 Å². The maximum Gasteiger partial charge on any atom is 0.233 e. The Morgan fingerprint density at radius 1 is 1.00 bits per heavy atom. The van der Waals surface area contributed by atoms with Gasteiger partial charge in [-0.1, -0.05) is 51.1 Å². The Labute approximate surface area is 136 Å². The molecule has 1 aromatic carbocycles. The van der Waals surface area contributed by atoms with Crippen molar-refractivity contribution in [3.63, 3.8) is 0 Å². The smallest absolute Gasteiger partial charge is 0.233 e. The van der Waals surface area contributed by atoms with E-state index in [1.807, 2.05) is 28.9 Å². The maximum atomic E-state index is 5.30. The fraction of sp³-hybridized carbons (Fsp3) is 0.263. The van der Waals surface area contributed by atoms with Crippen LogP contribution >= 0.6 is 0 Å². The number of benzene rings is 1. The highest BCUT2D eigenvalue weighted by atomic mass is 16.5. The van der Waals surface area contributed by atoms with Crippen molar-refractivity contribution in [2.75, 3.05) is 7.11 Å². The Balaban J connectivity index is 2.07. The van der Waals surface area contributed by atoms with Crippen molar-refractivity contribution in [3.05, 3.63) is 60.3 Å². The van der Waals surface area contributed by atoms with E-state index in [9.17, 15) is 0 Å². The Kier molecular flexibility index (Phi) is 3.90. The second kappa shape index (κ2) is 5.88. The van der Waals surface area contributed by atoms with Gasteiger partial charge in [0.2, 0.25) is 5.88 Å². The summed E-state index contributed by atoms with van der Waals surface area (Å²) in [6, 6.07) is 16.3. The molecule has 3 rings (SSSR count). The number of rotatable bonds is 3. The Bertz CT molecular complexity index is 784. The fourth-order valence-corrected chi connectivity index (χ4v) is 2.46. The first-order chi connectivity index (χ1) is 11.0. The lowest BCUT2D eigenvalue weighted by atomic mass is 9.86. The molecule has 3 aromatic rings. The molecule has 0 aliphatic carbocycles. The molecular formula is C19H21N3O. The molecule has 0 aliphatic rings. The quantitative estimate of drug-likeness (QED) is 0.726. The number of aromatic nitrogens is 3. The lowest BCUT2D eigenvalue weighted by molar-refractivity contribution is 0.394. The minimum Gasteiger partial charge on any atom is -0.480 e. The van der Waals surface area contributed by atoms with Crippen molar-refractivity contribution in [2.24, 2.45) is 0 Å². The normalized spacial score (nSPS) is 11.5. The predicted octanol–water partition coefficient (Wildman–Crippen LogP) is 4.24. The molecular weight excluding hydrogens is 286 g/mol. The van der Waals surface area contributed by atoms with Crippen molar-refractivity contribution < 1.29 is 4.74 Å². The average molecular weight is 307 g/mol. The van der Waals surface area contributed by atoms with Gasteiger partial charge in [-0.2, -0.15) is 0 Å². The van der Waals surface area contributed by atoms with E-state index in [-0.39, 0.29) is 5.41 Å². The van der Waals surface area contributed by atoms with E-state index in [1.165, 1.54) is 5.56 Å². The highest BCUT2D eigenvalue weighted by Gasteiger charge is 2.16. The van der Waals surface area contributed by atoms with Crippen molar-refractivity contribution >= 4 is 0 Å². The third-order valence-electron chi connectivity index (χ3n) is 3.81. The van der Waals surface area contributed by atoms with Crippen molar-refractivity contribution in [1.82, 2.24) is 14.8 Å². The number of hydrogen-bond donors (Lipinski definition) is 0. The first kappa shape index (κ1) is 15.3. The summed E-state index contributed by atoms with van der Waals surface area (Å²) in [5, 5.41) is 4.48. The van der Waals surface area contributed by atoms with E-state index in [1.54, 1.807) is 13.3 Å². The molecule has 0 bridgehead atoms. The van der Waals surface area contributed by atoms with Crippen LogP contribution in [0.5, 0.6) is 5.88 Å². The summed E-state index contributed by atoms with van der Waals surface area (Å²) in [5.74, 6) is 1.34. The van der Waals surface area contributed by atoms with Gasteiger partial charge in [0, 0.05) is 17.8 Å². The van der Waals surface area contributed by atoms with Crippen LogP contribution in [0.3, 0.4) is 0 Å². The summed E-state index contributed by atoms with van der Waals surface area (Å²) < 4.78 is 7.11. The predicted molar refractivity (Wildman–Crippen MR) is 92.0 cm³/mol. The van der Waals surface area contributed by atoms with E-state index in [0.717, 1.165) is 17.1 Å². The summed E-state index contributed by atoms with van der Waals surface area (Å²) in [4.78, 5) is 4.38. The summed E-state index contributed by atoms with van der Waals surface area (Å²) >= 11 is 0. The molecule has 4 heteroatoms. The SMILES string of the molecule is COc1cc(-c2ccc(C(C)(C)C)cc2)n(-c2ccccn2)n1. The maximum absolute atomic E-state index is 5.30. The molecule has 0 spiro atoms. The molecule has 0 amide bonds. The largest absolute Gasteiger partial charge is 0.480 e. The van der Waals surface area contributed by atoms with Crippen LogP contribution in [0.25, 0.3) is 17.1 Å². The molecule has 0 unspecified atom stereocenters. The Hall–Kier alpha value is -2.62. The molecule has 23 heavy (non-hydrogen) atoms. The molecule has 0 radical (unpaired) electrons. The number of ether oxygens (including phenoxy) is 1. The highest BCUT2D eigenvalue weighted by molar-refractivity contribution is 5.63. The van der Waals surface area contributed by atoms with Crippen LogP contribution in [-0.2, 0) is 5.41 Å². The first-order valence-electron chi connectivity index (χ1n) is 7.65. The molecule has 0 fully saturated rings. The Morgan fingerprint density at radius 3 is 2.30 bits per heavy atom. The molecule has 0 aliphatic heterocycles. The van der Waals surface area contributed by atoms with Crippen LogP contribution in [0.15, 0.2) is 54.7 Å². The highest BCUT2D eigenvalue weighted by Crippen LogP contribution is 2.29. The summed E-state index contributed by atoms with van der Waals surface area (Å²) in [6.45, 7) is 6.63. The lowest BCUT2D eigenvalue weighted by Crippen LogP contribution is -2.10. The van der Waals surface area contributed by atoms with Crippen molar-refractivity contribution in [3.8, 4) is 23.0 Å². The monoisotopic (exact) mass is 307 g/mol. The number of hydrogen-bond acceptors (Lipinski definition) is 3. The third kappa shape index (κ3) is 3.11. The van der Waals surface area contributed by atoms with Crippen molar-refractivity contribution in [2.45, 2.75) is 26.2 Å². The van der Waals surface area contributed by atoms with Crippen LogP contribution in [0.1, 0.15) is 26.3 Å². The zero-order valence-corrected chi connectivity index (χ0v) is 13.9. The zero-order chi connectivity index (χ0) is 16.4. The number of pyridine rings is 1. The second-order valence-electron chi connectivity index (χ2n) is 6.50. The summed E-state index contributed by atoms with van der Waals surface area (Å²) in [5.41, 5.74) is 3.48. The zero-order valence-electron chi connectivity index (χ0n) is 13.9. The Morgan fingerprint density at radius 2 is 1.74 bits per heavy atom. The van der Waals surface area contributed by atoms with E-state index in [0.29, 0.717) is 5.88 Å². The van der Waals surface area contributed by atoms with Crippen LogP contribution in [0, 0.1) is 0 Å². The van der Waals surface area contributed by atoms with Crippen LogP contribution in [0.2, 0.25) is 0 Å². The van der Waals surface area contributed by atoms with E-state index in [4.69, 9.17) is 4.74 Å². The third-order valence-corrected chi connectivity index (χ3v) is 3.81. The van der Waals surface area contributed by atoms with Gasteiger partial charge in [0.15, 0.2) is 5.82 Å². The molecule has 0 N–H and O–H groups in total. The minimum atomic E-state index is 0.136. The molecule has 4 nitrogen and oxygen atoms in total. The fourth-order valence-electron chi connectivity index (χ4n) is 2.46. The van der Waals surface area contributed by atoms with E-state index >= 15 is 0 Å². The summed E-state index contributed by atoms with van der Waals surface area (Å²) in [6.07, 6.45) is 1.76. The van der Waals surface area contributed by atoms with Crippen LogP contribution < -0.4 is 4.74 Å². The van der Waals surface area contributed by atoms with Gasteiger partial charge in [-0.15, -0.1) is 5.10 Å². The molecule has 118 valence electrons. The van der Waals surface area contributed by atoms with Crippen molar-refractivity contribution in [1.29, 1.82) is 0 Å². The number of methoxy groups -OCH3 is 1. The average Bonchev–Trinajstić information content (AvgIpc) is 2.99. The van der Waals surface area contributed by atoms with Gasteiger partial charge < -0.3 is 4.74 Å². The first-order valence-corrected chi connectivity index (χ1v) is 7.65. The number of nitrogens with zero attached hydrogens (tertiary/aromatic N) is 3. The van der Waals surface area contributed by atoms with E-state index in [2.05, 4.69) is 55.1 Å². The van der Waals surface area contributed by atoms with Gasteiger partial charge in [-0.3, -0.25) is 0 Å². The lowest BCUT2D eigenvalue weighted by Gasteiger charge is -2.19. The van der Waals surface area contributed by atoms with Gasteiger partial charge in [0.05, 0.1) is 12.8 Å². The van der Waals surface area contributed by atoms with Crippen LogP contribution in [0.4, 0.5) is 0 Å². The molecule has 0 saturated heterocycles. The van der Waals surface area contributed by atoms with Gasteiger partial charge in [-0.25, -0.2) is 9.67 Å². The molecule has 2 aromatic heterocycles. The standard InChI is InChI=1S/C19H21N3O/c1-19(2,3)15-10-8-14(9-11-15)16-13-18(23-4)21-22(16)17-7-5-6-12-20-17/h5-13H,1-4H3. The van der Waals surface area contributed by atoms with Gasteiger partial charge in [0.25, 0.3) is 0 Å². The van der Waals surface area contributed by atoms with E-state index < -0.39 is 0 Å². The molecule has 0 saturated carbocycles. The molecule has 2 heterocycles. The van der Waals surface area contributed by atoms with Crippen LogP contribution in [-0.4, -0.2) is 21.9 Å².